The molecule has 0 bridgehead atoms. The molecular weight excluding hydrogens is 211 g/mol. The van der Waals surface area contributed by atoms with Crippen molar-refractivity contribution in [2.45, 2.75) is 19.3 Å². The molecule has 0 amide bonds. The van der Waals surface area contributed by atoms with Crippen LogP contribution in [0.15, 0.2) is 18.2 Å². The quantitative estimate of drug-likeness (QED) is 0.839. The fourth-order valence-corrected chi connectivity index (χ4v) is 2.10. The molecule has 1 aromatic carbocycles. The van der Waals surface area contributed by atoms with Gasteiger partial charge in [-0.2, -0.15) is 0 Å². The molecule has 0 aromatic heterocycles. The minimum Gasteiger partial charge on any atom is -0.490 e. The van der Waals surface area contributed by atoms with E-state index in [9.17, 15) is 9.18 Å². The molecule has 16 heavy (non-hydrogen) atoms. The van der Waals surface area contributed by atoms with E-state index in [0.29, 0.717) is 18.6 Å². The second-order valence-electron chi connectivity index (χ2n) is 4.03. The van der Waals surface area contributed by atoms with E-state index in [2.05, 4.69) is 0 Å². The summed E-state index contributed by atoms with van der Waals surface area (Å²) in [6.07, 6.45) is 0.615. The number of carboxylic acids is 1. The molecule has 2 rings (SSSR count). The van der Waals surface area contributed by atoms with Gasteiger partial charge in [0.15, 0.2) is 11.6 Å². The first-order valence-electron chi connectivity index (χ1n) is 5.25. The summed E-state index contributed by atoms with van der Waals surface area (Å²) in [5.41, 5.74) is 0.668. The van der Waals surface area contributed by atoms with Gasteiger partial charge in [0.05, 0.1) is 12.5 Å². The van der Waals surface area contributed by atoms with Gasteiger partial charge in [-0.15, -0.1) is 0 Å². The molecule has 4 heteroatoms. The maximum absolute atomic E-state index is 13.4. The molecule has 1 aromatic rings. The van der Waals surface area contributed by atoms with Crippen LogP contribution in [0.1, 0.15) is 24.8 Å². The van der Waals surface area contributed by atoms with Crippen LogP contribution >= 0.6 is 0 Å². The third-order valence-corrected chi connectivity index (χ3v) is 3.07. The number of benzene rings is 1. The maximum atomic E-state index is 13.4. The largest absolute Gasteiger partial charge is 0.490 e. The van der Waals surface area contributed by atoms with Gasteiger partial charge in [0.1, 0.15) is 0 Å². The summed E-state index contributed by atoms with van der Waals surface area (Å²) < 4.78 is 18.7. The zero-order valence-corrected chi connectivity index (χ0v) is 8.94. The van der Waals surface area contributed by atoms with Crippen molar-refractivity contribution in [1.82, 2.24) is 0 Å². The van der Waals surface area contributed by atoms with Crippen LogP contribution in [0.5, 0.6) is 5.75 Å². The lowest BCUT2D eigenvalue weighted by atomic mass is 9.83. The van der Waals surface area contributed by atoms with Gasteiger partial charge in [0.2, 0.25) is 0 Å². The Kier molecular flexibility index (Phi) is 2.81. The number of carboxylic acid groups (broad SMARTS) is 1. The van der Waals surface area contributed by atoms with Crippen LogP contribution in [0.3, 0.4) is 0 Å². The fraction of sp³-hybridized carbons (Fsp3) is 0.417. The number of hydrogen-bond acceptors (Lipinski definition) is 2. The van der Waals surface area contributed by atoms with Gasteiger partial charge in [-0.1, -0.05) is 19.1 Å². The van der Waals surface area contributed by atoms with Gasteiger partial charge < -0.3 is 9.84 Å². The van der Waals surface area contributed by atoms with E-state index in [1.165, 1.54) is 6.07 Å². The topological polar surface area (TPSA) is 46.5 Å². The minimum atomic E-state index is -0.859. The zero-order valence-electron chi connectivity index (χ0n) is 8.94. The van der Waals surface area contributed by atoms with E-state index < -0.39 is 17.7 Å². The predicted octanol–water partition coefficient (Wildman–Crippen LogP) is 2.41. The summed E-state index contributed by atoms with van der Waals surface area (Å²) in [6.45, 7) is 2.02. The van der Waals surface area contributed by atoms with Crippen LogP contribution < -0.4 is 4.74 Å². The van der Waals surface area contributed by atoms with Crippen LogP contribution in [0, 0.1) is 11.7 Å². The molecule has 0 saturated carbocycles. The van der Waals surface area contributed by atoms with Crippen LogP contribution in [0.4, 0.5) is 4.39 Å². The second kappa shape index (κ2) is 4.12. The Morgan fingerprint density at radius 3 is 3.06 bits per heavy atom. The first-order valence-corrected chi connectivity index (χ1v) is 5.25. The Morgan fingerprint density at radius 2 is 2.38 bits per heavy atom. The monoisotopic (exact) mass is 224 g/mol. The SMILES string of the molecule is CC(C(=O)O)C1CCOc2c(F)cccc21. The van der Waals surface area contributed by atoms with Crippen molar-refractivity contribution < 1.29 is 19.0 Å². The van der Waals surface area contributed by atoms with E-state index in [1.54, 1.807) is 19.1 Å². The van der Waals surface area contributed by atoms with E-state index >= 15 is 0 Å². The molecular formula is C12H13FO3. The molecule has 1 aliphatic heterocycles. The first kappa shape index (κ1) is 10.9. The van der Waals surface area contributed by atoms with Gasteiger partial charge >= 0.3 is 5.97 Å². The number of fused-ring (bicyclic) bond motifs is 1. The number of hydrogen-bond donors (Lipinski definition) is 1. The predicted molar refractivity (Wildman–Crippen MR) is 56.1 cm³/mol. The summed E-state index contributed by atoms with van der Waals surface area (Å²) in [4.78, 5) is 11.0. The van der Waals surface area contributed by atoms with Gasteiger partial charge in [0, 0.05) is 11.5 Å². The highest BCUT2D eigenvalue weighted by atomic mass is 19.1. The third kappa shape index (κ3) is 1.75. The molecule has 3 nitrogen and oxygen atoms in total. The lowest BCUT2D eigenvalue weighted by Gasteiger charge is -2.28. The molecule has 0 fully saturated rings. The Balaban J connectivity index is 2.40. The summed E-state index contributed by atoms with van der Waals surface area (Å²) in [5, 5.41) is 8.99. The van der Waals surface area contributed by atoms with Gasteiger partial charge in [0.25, 0.3) is 0 Å². The van der Waals surface area contributed by atoms with Crippen molar-refractivity contribution in [3.8, 4) is 5.75 Å². The van der Waals surface area contributed by atoms with Crippen molar-refractivity contribution in [3.05, 3.63) is 29.6 Å². The Morgan fingerprint density at radius 1 is 1.62 bits per heavy atom. The molecule has 0 spiro atoms. The average molecular weight is 224 g/mol. The molecule has 1 N–H and O–H groups in total. The van der Waals surface area contributed by atoms with Crippen molar-refractivity contribution in [1.29, 1.82) is 0 Å². The van der Waals surface area contributed by atoms with E-state index in [0.717, 1.165) is 0 Å². The van der Waals surface area contributed by atoms with Crippen molar-refractivity contribution in [2.75, 3.05) is 6.61 Å². The Hall–Kier alpha value is -1.58. The number of halogens is 1. The van der Waals surface area contributed by atoms with Crippen LogP contribution in [-0.4, -0.2) is 17.7 Å². The lowest BCUT2D eigenvalue weighted by molar-refractivity contribution is -0.142. The molecule has 86 valence electrons. The van der Waals surface area contributed by atoms with E-state index in [1.807, 2.05) is 0 Å². The molecule has 1 aliphatic rings. The van der Waals surface area contributed by atoms with Crippen LogP contribution in [-0.2, 0) is 4.79 Å². The number of carbonyl (C=O) groups is 1. The van der Waals surface area contributed by atoms with Gasteiger partial charge in [-0.3, -0.25) is 4.79 Å². The third-order valence-electron chi connectivity index (χ3n) is 3.07. The molecule has 2 unspecified atom stereocenters. The number of para-hydroxylation sites is 1. The van der Waals surface area contributed by atoms with Crippen molar-refractivity contribution in [3.63, 3.8) is 0 Å². The highest BCUT2D eigenvalue weighted by Gasteiger charge is 2.31. The van der Waals surface area contributed by atoms with Gasteiger partial charge in [-0.25, -0.2) is 4.39 Å². The minimum absolute atomic E-state index is 0.169. The van der Waals surface area contributed by atoms with Gasteiger partial charge in [-0.05, 0) is 12.5 Å². The summed E-state index contributed by atoms with van der Waals surface area (Å²) in [7, 11) is 0. The second-order valence-corrected chi connectivity index (χ2v) is 4.03. The molecule has 1 heterocycles. The standard InChI is InChI=1S/C12H13FO3/c1-7(12(14)15)8-5-6-16-11-9(8)3-2-4-10(11)13/h2-4,7-8H,5-6H2,1H3,(H,14,15). The number of rotatable bonds is 2. The smallest absolute Gasteiger partial charge is 0.306 e. The average Bonchev–Trinajstić information content (AvgIpc) is 2.28. The van der Waals surface area contributed by atoms with Crippen LogP contribution in [0.2, 0.25) is 0 Å². The Labute approximate surface area is 92.9 Å². The number of ether oxygens (including phenoxy) is 1. The van der Waals surface area contributed by atoms with Crippen LogP contribution in [0.25, 0.3) is 0 Å². The summed E-state index contributed by atoms with van der Waals surface area (Å²) in [5.74, 6) is -1.75. The first-order chi connectivity index (χ1) is 7.61. The molecule has 0 saturated heterocycles. The summed E-state index contributed by atoms with van der Waals surface area (Å²) >= 11 is 0. The fourth-order valence-electron chi connectivity index (χ4n) is 2.10. The molecule has 0 aliphatic carbocycles. The van der Waals surface area contributed by atoms with E-state index in [-0.39, 0.29) is 11.7 Å². The summed E-state index contributed by atoms with van der Waals surface area (Å²) in [6, 6.07) is 4.65. The number of aliphatic carboxylic acids is 1. The molecule has 2 atom stereocenters. The van der Waals surface area contributed by atoms with E-state index in [4.69, 9.17) is 9.84 Å². The zero-order chi connectivity index (χ0) is 11.7. The normalized spacial score (nSPS) is 20.8. The lowest BCUT2D eigenvalue weighted by Crippen LogP contribution is -2.25. The van der Waals surface area contributed by atoms with Crippen molar-refractivity contribution >= 4 is 5.97 Å². The molecule has 0 radical (unpaired) electrons. The van der Waals surface area contributed by atoms with Crippen molar-refractivity contribution in [2.24, 2.45) is 5.92 Å². The highest BCUT2D eigenvalue weighted by molar-refractivity contribution is 5.71. The highest BCUT2D eigenvalue weighted by Crippen LogP contribution is 2.39. The Bertz CT molecular complexity index is 417. The maximum Gasteiger partial charge on any atom is 0.306 e.